The van der Waals surface area contributed by atoms with Crippen LogP contribution in [0.1, 0.15) is 55.4 Å². The second-order valence-electron chi connectivity index (χ2n) is 6.64. The Kier molecular flexibility index (Phi) is 5.09. The number of aromatic nitrogens is 6. The van der Waals surface area contributed by atoms with Gasteiger partial charge in [0.15, 0.2) is 0 Å². The van der Waals surface area contributed by atoms with Crippen LogP contribution in [0, 0.1) is 0 Å². The van der Waals surface area contributed by atoms with Crippen molar-refractivity contribution in [2.45, 2.75) is 55.2 Å². The number of halogens is 3. The first-order chi connectivity index (χ1) is 13.4. The fourth-order valence-corrected chi connectivity index (χ4v) is 4.09. The highest BCUT2D eigenvalue weighted by Crippen LogP contribution is 2.37. The first-order valence-corrected chi connectivity index (χ1v) is 9.75. The normalized spacial score (nSPS) is 16.6. The zero-order chi connectivity index (χ0) is 19.7. The van der Waals surface area contributed by atoms with Gasteiger partial charge in [0.2, 0.25) is 16.9 Å². The fourth-order valence-electron chi connectivity index (χ4n) is 3.20. The van der Waals surface area contributed by atoms with Crippen LogP contribution in [-0.2, 0) is 6.18 Å². The summed E-state index contributed by atoms with van der Waals surface area (Å²) < 4.78 is 45.8. The van der Waals surface area contributed by atoms with Crippen LogP contribution in [-0.4, -0.2) is 30.3 Å². The molecule has 7 nitrogen and oxygen atoms in total. The lowest BCUT2D eigenvalue weighted by Gasteiger charge is -2.12. The quantitative estimate of drug-likeness (QED) is 0.563. The van der Waals surface area contributed by atoms with E-state index in [9.17, 15) is 13.2 Å². The lowest BCUT2D eigenvalue weighted by Crippen LogP contribution is -2.08. The van der Waals surface area contributed by atoms with E-state index in [2.05, 4.69) is 25.7 Å². The van der Waals surface area contributed by atoms with Crippen LogP contribution < -0.4 is 0 Å². The third-order valence-corrected chi connectivity index (χ3v) is 5.69. The number of nitrogens with zero attached hydrogens (tertiary/aromatic N) is 6. The van der Waals surface area contributed by atoms with E-state index in [1.54, 1.807) is 0 Å². The van der Waals surface area contributed by atoms with Crippen LogP contribution in [0.2, 0.25) is 0 Å². The summed E-state index contributed by atoms with van der Waals surface area (Å²) in [6.45, 7) is 1.86. The minimum Gasteiger partial charge on any atom is -0.338 e. The Bertz CT molecular complexity index is 950. The van der Waals surface area contributed by atoms with Crippen molar-refractivity contribution in [3.8, 4) is 11.4 Å². The summed E-state index contributed by atoms with van der Waals surface area (Å²) in [6, 6.07) is 5.15. The van der Waals surface area contributed by atoms with Crippen molar-refractivity contribution in [2.24, 2.45) is 0 Å². The van der Waals surface area contributed by atoms with Gasteiger partial charge in [-0.25, -0.2) is 4.68 Å². The second kappa shape index (κ2) is 7.53. The third-order valence-electron chi connectivity index (χ3n) is 4.65. The van der Waals surface area contributed by atoms with E-state index in [0.717, 1.165) is 37.8 Å². The minimum atomic E-state index is -4.43. The molecule has 0 bridgehead atoms. The SMILES string of the molecule is CC(Sc1nnnn1C1CCCC1)c1nc(-c2cccc(C(F)(F)F)c2)no1. The average Bonchev–Trinajstić information content (AvgIpc) is 3.42. The standard InChI is InChI=1S/C17H17F3N6OS/c1-10(28-16-22-24-25-26(16)13-7-2-3-8-13)15-21-14(23-27-15)11-5-4-6-12(9-11)17(18,19)20/h4-6,9-10,13H,2-3,7-8H2,1H3. The molecule has 0 spiro atoms. The van der Waals surface area contributed by atoms with Crippen molar-refractivity contribution < 1.29 is 17.7 Å². The summed E-state index contributed by atoms with van der Waals surface area (Å²) in [5.41, 5.74) is -0.507. The summed E-state index contributed by atoms with van der Waals surface area (Å²) in [6.07, 6.45) is -0.00804. The van der Waals surface area contributed by atoms with Crippen molar-refractivity contribution >= 4 is 11.8 Å². The molecule has 2 heterocycles. The minimum absolute atomic E-state index is 0.115. The Hall–Kier alpha value is -2.43. The van der Waals surface area contributed by atoms with Crippen LogP contribution in [0.25, 0.3) is 11.4 Å². The van der Waals surface area contributed by atoms with E-state index < -0.39 is 11.7 Å². The molecular weight excluding hydrogens is 393 g/mol. The molecule has 28 heavy (non-hydrogen) atoms. The smallest absolute Gasteiger partial charge is 0.338 e. The molecule has 0 radical (unpaired) electrons. The molecule has 4 rings (SSSR count). The molecule has 0 aliphatic heterocycles. The Morgan fingerprint density at radius 1 is 1.25 bits per heavy atom. The van der Waals surface area contributed by atoms with Gasteiger partial charge in [-0.1, -0.05) is 41.9 Å². The number of alkyl halides is 3. The predicted molar refractivity (Wildman–Crippen MR) is 94.3 cm³/mol. The number of thioether (sulfide) groups is 1. The van der Waals surface area contributed by atoms with E-state index in [4.69, 9.17) is 4.52 Å². The van der Waals surface area contributed by atoms with Gasteiger partial charge in [-0.3, -0.25) is 0 Å². The van der Waals surface area contributed by atoms with Gasteiger partial charge in [0.25, 0.3) is 0 Å². The van der Waals surface area contributed by atoms with Crippen LogP contribution in [0.4, 0.5) is 13.2 Å². The maximum absolute atomic E-state index is 12.9. The van der Waals surface area contributed by atoms with E-state index in [1.165, 1.54) is 23.9 Å². The molecule has 1 atom stereocenters. The molecule has 148 valence electrons. The van der Waals surface area contributed by atoms with Gasteiger partial charge in [-0.15, -0.1) is 5.10 Å². The third kappa shape index (κ3) is 3.89. The Labute approximate surface area is 162 Å². The van der Waals surface area contributed by atoms with Gasteiger partial charge in [-0.05, 0) is 42.3 Å². The highest BCUT2D eigenvalue weighted by Gasteiger charge is 2.31. The van der Waals surface area contributed by atoms with Crippen molar-refractivity contribution in [1.29, 1.82) is 0 Å². The Morgan fingerprint density at radius 2 is 2.04 bits per heavy atom. The highest BCUT2D eigenvalue weighted by atomic mass is 32.2. The molecule has 0 saturated heterocycles. The number of tetrazole rings is 1. The molecule has 11 heteroatoms. The van der Waals surface area contributed by atoms with Crippen molar-refractivity contribution in [3.05, 3.63) is 35.7 Å². The lowest BCUT2D eigenvalue weighted by molar-refractivity contribution is -0.137. The molecule has 1 fully saturated rings. The van der Waals surface area contributed by atoms with Gasteiger partial charge in [0.1, 0.15) is 0 Å². The number of hydrogen-bond acceptors (Lipinski definition) is 7. The Morgan fingerprint density at radius 3 is 2.79 bits per heavy atom. The van der Waals surface area contributed by atoms with Gasteiger partial charge in [0, 0.05) is 5.56 Å². The first-order valence-electron chi connectivity index (χ1n) is 8.87. The lowest BCUT2D eigenvalue weighted by atomic mass is 10.1. The molecule has 1 aliphatic rings. The largest absolute Gasteiger partial charge is 0.416 e. The topological polar surface area (TPSA) is 82.5 Å². The molecular formula is C17H17F3N6OS. The maximum atomic E-state index is 12.9. The molecule has 1 aliphatic carbocycles. The monoisotopic (exact) mass is 410 g/mol. The zero-order valence-electron chi connectivity index (χ0n) is 14.9. The van der Waals surface area contributed by atoms with Gasteiger partial charge in [-0.2, -0.15) is 18.2 Å². The summed E-state index contributed by atoms with van der Waals surface area (Å²) in [5, 5.41) is 16.2. The first kappa shape index (κ1) is 18.9. The van der Waals surface area contributed by atoms with Crippen molar-refractivity contribution in [2.75, 3.05) is 0 Å². The van der Waals surface area contributed by atoms with Gasteiger partial charge < -0.3 is 4.52 Å². The average molecular weight is 410 g/mol. The number of hydrogen-bond donors (Lipinski definition) is 0. The van der Waals surface area contributed by atoms with Gasteiger partial charge in [0.05, 0.1) is 16.9 Å². The van der Waals surface area contributed by atoms with Crippen LogP contribution in [0.3, 0.4) is 0 Å². The summed E-state index contributed by atoms with van der Waals surface area (Å²) >= 11 is 1.38. The molecule has 0 amide bonds. The summed E-state index contributed by atoms with van der Waals surface area (Å²) in [5.74, 6) is 0.419. The summed E-state index contributed by atoms with van der Waals surface area (Å²) in [4.78, 5) is 4.27. The van der Waals surface area contributed by atoms with E-state index >= 15 is 0 Å². The molecule has 1 saturated carbocycles. The van der Waals surface area contributed by atoms with Crippen LogP contribution in [0.15, 0.2) is 33.9 Å². The van der Waals surface area contributed by atoms with E-state index in [-0.39, 0.29) is 16.6 Å². The maximum Gasteiger partial charge on any atom is 0.416 e. The predicted octanol–water partition coefficient (Wildman–Crippen LogP) is 4.71. The molecule has 0 N–H and O–H groups in total. The van der Waals surface area contributed by atoms with Gasteiger partial charge >= 0.3 is 6.18 Å². The van der Waals surface area contributed by atoms with Crippen LogP contribution in [0.5, 0.6) is 0 Å². The van der Waals surface area contributed by atoms with Crippen LogP contribution >= 0.6 is 11.8 Å². The zero-order valence-corrected chi connectivity index (χ0v) is 15.7. The molecule has 1 unspecified atom stereocenters. The van der Waals surface area contributed by atoms with Crippen molar-refractivity contribution in [1.82, 2.24) is 30.3 Å². The fraction of sp³-hybridized carbons (Fsp3) is 0.471. The Balaban J connectivity index is 1.51. The highest BCUT2D eigenvalue weighted by molar-refractivity contribution is 7.99. The second-order valence-corrected chi connectivity index (χ2v) is 7.95. The number of benzene rings is 1. The molecule has 3 aromatic rings. The van der Waals surface area contributed by atoms with Crippen molar-refractivity contribution in [3.63, 3.8) is 0 Å². The molecule has 1 aromatic carbocycles. The van der Waals surface area contributed by atoms with E-state index in [0.29, 0.717) is 17.1 Å². The van der Waals surface area contributed by atoms with E-state index in [1.807, 2.05) is 11.6 Å². The molecule has 2 aromatic heterocycles. The summed E-state index contributed by atoms with van der Waals surface area (Å²) in [7, 11) is 0. The number of rotatable bonds is 5.